The molecule has 2 heterocycles. The van der Waals surface area contributed by atoms with Gasteiger partial charge >= 0.3 is 0 Å². The van der Waals surface area contributed by atoms with E-state index in [0.717, 1.165) is 35.9 Å². The van der Waals surface area contributed by atoms with E-state index in [-0.39, 0.29) is 5.92 Å². The van der Waals surface area contributed by atoms with Crippen LogP contribution in [0.15, 0.2) is 33.1 Å². The number of hydrogen-bond acceptors (Lipinski definition) is 2. The van der Waals surface area contributed by atoms with Gasteiger partial charge in [-0.1, -0.05) is 20.8 Å². The van der Waals surface area contributed by atoms with Crippen molar-refractivity contribution in [2.45, 2.75) is 46.5 Å². The van der Waals surface area contributed by atoms with E-state index in [4.69, 9.17) is 8.83 Å². The van der Waals surface area contributed by atoms with Gasteiger partial charge in [0.25, 0.3) is 0 Å². The largest absolute Gasteiger partial charge is 0.466 e. The van der Waals surface area contributed by atoms with Crippen LogP contribution in [0.2, 0.25) is 0 Å². The van der Waals surface area contributed by atoms with E-state index in [2.05, 4.69) is 39.0 Å². The fourth-order valence-electron chi connectivity index (χ4n) is 2.26. The SMILES string of the molecule is CCc1ccc(C(CC(C)C)c2ccc(C)o2)o1. The molecule has 2 aromatic heterocycles. The van der Waals surface area contributed by atoms with Crippen molar-refractivity contribution in [2.24, 2.45) is 5.92 Å². The summed E-state index contributed by atoms with van der Waals surface area (Å²) in [6, 6.07) is 8.24. The topological polar surface area (TPSA) is 26.3 Å². The van der Waals surface area contributed by atoms with Gasteiger partial charge in [0.15, 0.2) is 0 Å². The molecule has 98 valence electrons. The van der Waals surface area contributed by atoms with E-state index in [9.17, 15) is 0 Å². The molecule has 0 N–H and O–H groups in total. The zero-order valence-corrected chi connectivity index (χ0v) is 11.7. The quantitative estimate of drug-likeness (QED) is 0.748. The summed E-state index contributed by atoms with van der Waals surface area (Å²) in [5, 5.41) is 0. The second kappa shape index (κ2) is 5.47. The van der Waals surface area contributed by atoms with Crippen LogP contribution in [0, 0.1) is 12.8 Å². The summed E-state index contributed by atoms with van der Waals surface area (Å²) in [5.74, 6) is 4.88. The molecule has 0 aliphatic rings. The lowest BCUT2D eigenvalue weighted by Crippen LogP contribution is -2.03. The molecule has 0 saturated carbocycles. The summed E-state index contributed by atoms with van der Waals surface area (Å²) >= 11 is 0. The summed E-state index contributed by atoms with van der Waals surface area (Å²) in [7, 11) is 0. The molecule has 0 bridgehead atoms. The fourth-order valence-corrected chi connectivity index (χ4v) is 2.26. The van der Waals surface area contributed by atoms with Crippen molar-refractivity contribution in [2.75, 3.05) is 0 Å². The number of aryl methyl sites for hydroxylation is 2. The standard InChI is InChI=1S/C16H22O2/c1-5-13-7-9-16(18-13)14(10-11(2)3)15-8-6-12(4)17-15/h6-9,11,14H,5,10H2,1-4H3. The minimum absolute atomic E-state index is 0.235. The summed E-state index contributed by atoms with van der Waals surface area (Å²) in [6.07, 6.45) is 1.98. The molecular formula is C16H22O2. The van der Waals surface area contributed by atoms with E-state index in [1.165, 1.54) is 0 Å². The smallest absolute Gasteiger partial charge is 0.114 e. The van der Waals surface area contributed by atoms with Crippen molar-refractivity contribution in [1.29, 1.82) is 0 Å². The Morgan fingerprint density at radius 3 is 2.17 bits per heavy atom. The normalized spacial score (nSPS) is 13.2. The Morgan fingerprint density at radius 1 is 1.00 bits per heavy atom. The molecule has 1 atom stereocenters. The molecule has 2 heteroatoms. The van der Waals surface area contributed by atoms with Crippen LogP contribution < -0.4 is 0 Å². The molecular weight excluding hydrogens is 224 g/mol. The van der Waals surface area contributed by atoms with Crippen molar-refractivity contribution in [3.05, 3.63) is 47.3 Å². The van der Waals surface area contributed by atoms with Gasteiger partial charge in [0.05, 0.1) is 5.92 Å². The maximum atomic E-state index is 5.90. The predicted octanol–water partition coefficient (Wildman–Crippen LogP) is 4.92. The van der Waals surface area contributed by atoms with Gasteiger partial charge in [-0.15, -0.1) is 0 Å². The number of rotatable bonds is 5. The van der Waals surface area contributed by atoms with Crippen LogP contribution in [0.1, 0.15) is 56.2 Å². The Kier molecular flexibility index (Phi) is 3.95. The molecule has 0 amide bonds. The van der Waals surface area contributed by atoms with Crippen LogP contribution in [-0.2, 0) is 6.42 Å². The monoisotopic (exact) mass is 246 g/mol. The molecule has 0 aliphatic heterocycles. The lowest BCUT2D eigenvalue weighted by Gasteiger charge is -2.14. The Balaban J connectivity index is 2.30. The first-order chi connectivity index (χ1) is 8.60. The molecule has 2 nitrogen and oxygen atoms in total. The first-order valence-electron chi connectivity index (χ1n) is 6.75. The average molecular weight is 246 g/mol. The Bertz CT molecular complexity index is 491. The second-order valence-electron chi connectivity index (χ2n) is 5.29. The molecule has 0 fully saturated rings. The van der Waals surface area contributed by atoms with Gasteiger partial charge in [0, 0.05) is 6.42 Å². The Morgan fingerprint density at radius 2 is 1.67 bits per heavy atom. The lowest BCUT2D eigenvalue weighted by molar-refractivity contribution is 0.371. The van der Waals surface area contributed by atoms with Gasteiger partial charge in [-0.3, -0.25) is 0 Å². The summed E-state index contributed by atoms with van der Waals surface area (Å²) in [4.78, 5) is 0. The van der Waals surface area contributed by atoms with E-state index in [1.54, 1.807) is 0 Å². The zero-order chi connectivity index (χ0) is 13.1. The highest BCUT2D eigenvalue weighted by atomic mass is 16.4. The van der Waals surface area contributed by atoms with Crippen molar-refractivity contribution < 1.29 is 8.83 Å². The summed E-state index contributed by atoms with van der Waals surface area (Å²) in [5.41, 5.74) is 0. The van der Waals surface area contributed by atoms with Gasteiger partial charge in [-0.05, 0) is 43.5 Å². The molecule has 2 rings (SSSR count). The van der Waals surface area contributed by atoms with Gasteiger partial charge in [-0.2, -0.15) is 0 Å². The van der Waals surface area contributed by atoms with E-state index in [1.807, 2.05) is 13.0 Å². The fraction of sp³-hybridized carbons (Fsp3) is 0.500. The maximum Gasteiger partial charge on any atom is 0.114 e. The van der Waals surface area contributed by atoms with Crippen LogP contribution in [0.5, 0.6) is 0 Å². The van der Waals surface area contributed by atoms with E-state index < -0.39 is 0 Å². The third-order valence-corrected chi connectivity index (χ3v) is 3.19. The van der Waals surface area contributed by atoms with Crippen LogP contribution in [-0.4, -0.2) is 0 Å². The van der Waals surface area contributed by atoms with Crippen molar-refractivity contribution in [3.63, 3.8) is 0 Å². The first-order valence-corrected chi connectivity index (χ1v) is 6.75. The third kappa shape index (κ3) is 2.87. The molecule has 0 aromatic carbocycles. The predicted molar refractivity (Wildman–Crippen MR) is 72.8 cm³/mol. The van der Waals surface area contributed by atoms with E-state index >= 15 is 0 Å². The molecule has 0 saturated heterocycles. The minimum Gasteiger partial charge on any atom is -0.466 e. The van der Waals surface area contributed by atoms with Crippen LogP contribution in [0.25, 0.3) is 0 Å². The van der Waals surface area contributed by atoms with Gasteiger partial charge < -0.3 is 8.83 Å². The molecule has 0 aliphatic carbocycles. The molecule has 0 radical (unpaired) electrons. The number of hydrogen-bond donors (Lipinski definition) is 0. The van der Waals surface area contributed by atoms with Crippen LogP contribution in [0.3, 0.4) is 0 Å². The molecule has 1 unspecified atom stereocenters. The van der Waals surface area contributed by atoms with Crippen LogP contribution >= 0.6 is 0 Å². The highest BCUT2D eigenvalue weighted by molar-refractivity contribution is 5.22. The van der Waals surface area contributed by atoms with Crippen molar-refractivity contribution in [3.8, 4) is 0 Å². The third-order valence-electron chi connectivity index (χ3n) is 3.19. The first kappa shape index (κ1) is 13.0. The van der Waals surface area contributed by atoms with E-state index in [0.29, 0.717) is 5.92 Å². The second-order valence-corrected chi connectivity index (χ2v) is 5.29. The minimum atomic E-state index is 0.235. The van der Waals surface area contributed by atoms with Crippen molar-refractivity contribution in [1.82, 2.24) is 0 Å². The van der Waals surface area contributed by atoms with Crippen molar-refractivity contribution >= 4 is 0 Å². The highest BCUT2D eigenvalue weighted by Crippen LogP contribution is 2.33. The Hall–Kier alpha value is -1.44. The van der Waals surface area contributed by atoms with Crippen LogP contribution in [0.4, 0.5) is 0 Å². The summed E-state index contributed by atoms with van der Waals surface area (Å²) in [6.45, 7) is 8.55. The zero-order valence-electron chi connectivity index (χ0n) is 11.7. The molecule has 2 aromatic rings. The maximum absolute atomic E-state index is 5.90. The Labute approximate surface area is 109 Å². The van der Waals surface area contributed by atoms with Gasteiger partial charge in [-0.25, -0.2) is 0 Å². The molecule has 18 heavy (non-hydrogen) atoms. The molecule has 0 spiro atoms. The lowest BCUT2D eigenvalue weighted by atomic mass is 9.93. The summed E-state index contributed by atoms with van der Waals surface area (Å²) < 4.78 is 11.7. The van der Waals surface area contributed by atoms with Gasteiger partial charge in [0.2, 0.25) is 0 Å². The highest BCUT2D eigenvalue weighted by Gasteiger charge is 2.22. The number of furan rings is 2. The average Bonchev–Trinajstić information content (AvgIpc) is 2.94. The van der Waals surface area contributed by atoms with Gasteiger partial charge in [0.1, 0.15) is 23.0 Å².